The molecule has 3 nitrogen and oxygen atoms in total. The van der Waals surface area contributed by atoms with Crippen molar-refractivity contribution in [2.45, 2.75) is 13.0 Å². The molecule has 1 amide bonds. The first kappa shape index (κ1) is 16.7. The molecule has 1 aliphatic rings. The zero-order valence-electron chi connectivity index (χ0n) is 13.6. The molecule has 1 unspecified atom stereocenters. The predicted octanol–water partition coefficient (Wildman–Crippen LogP) is 4.34. The maximum Gasteiger partial charge on any atom is 0.247 e. The van der Waals surface area contributed by atoms with Gasteiger partial charge in [-0.05, 0) is 29.7 Å². The molecular formula is C20H20ClNO2. The van der Waals surface area contributed by atoms with Crippen LogP contribution >= 0.6 is 11.6 Å². The van der Waals surface area contributed by atoms with Gasteiger partial charge in [0.15, 0.2) is 0 Å². The fourth-order valence-electron chi connectivity index (χ4n) is 2.85. The Balaban J connectivity index is 1.73. The maximum absolute atomic E-state index is 12.6. The van der Waals surface area contributed by atoms with Crippen molar-refractivity contribution in [2.75, 3.05) is 19.7 Å². The van der Waals surface area contributed by atoms with E-state index in [0.717, 1.165) is 16.7 Å². The number of rotatable bonds is 3. The molecular weight excluding hydrogens is 322 g/mol. The molecule has 0 N–H and O–H groups in total. The molecule has 1 atom stereocenters. The lowest BCUT2D eigenvalue weighted by Gasteiger charge is -2.32. The summed E-state index contributed by atoms with van der Waals surface area (Å²) in [6, 6.07) is 17.6. The topological polar surface area (TPSA) is 29.5 Å². The van der Waals surface area contributed by atoms with E-state index in [1.54, 1.807) is 6.08 Å². The van der Waals surface area contributed by atoms with E-state index >= 15 is 0 Å². The SMILES string of the molecule is C/C(=C/C(=O)N1CCOC(c2ccccc2)C1)c1ccccc1Cl. The number of ether oxygens (including phenoxy) is 1. The van der Waals surface area contributed by atoms with Crippen molar-refractivity contribution in [3.8, 4) is 0 Å². The van der Waals surface area contributed by atoms with E-state index in [-0.39, 0.29) is 12.0 Å². The maximum atomic E-state index is 12.6. The molecule has 1 saturated heterocycles. The normalized spacial score (nSPS) is 18.5. The Morgan fingerprint density at radius 3 is 2.62 bits per heavy atom. The number of hydrogen-bond acceptors (Lipinski definition) is 2. The van der Waals surface area contributed by atoms with E-state index < -0.39 is 0 Å². The summed E-state index contributed by atoms with van der Waals surface area (Å²) in [5.41, 5.74) is 2.86. The molecule has 2 aromatic rings. The van der Waals surface area contributed by atoms with Crippen LogP contribution in [-0.2, 0) is 9.53 Å². The van der Waals surface area contributed by atoms with Gasteiger partial charge in [0.2, 0.25) is 5.91 Å². The third-order valence-corrected chi connectivity index (χ3v) is 4.52. The van der Waals surface area contributed by atoms with Gasteiger partial charge in [-0.1, -0.05) is 60.1 Å². The van der Waals surface area contributed by atoms with Gasteiger partial charge in [0.1, 0.15) is 6.10 Å². The Kier molecular flexibility index (Phi) is 5.34. The minimum Gasteiger partial charge on any atom is -0.370 e. The van der Waals surface area contributed by atoms with Crippen molar-refractivity contribution in [1.82, 2.24) is 4.90 Å². The van der Waals surface area contributed by atoms with Crippen LogP contribution in [0.2, 0.25) is 5.02 Å². The molecule has 0 spiro atoms. The zero-order valence-corrected chi connectivity index (χ0v) is 14.4. The van der Waals surface area contributed by atoms with E-state index in [1.165, 1.54) is 0 Å². The standard InChI is InChI=1S/C20H20ClNO2/c1-15(17-9-5-6-10-18(17)21)13-20(23)22-11-12-24-19(14-22)16-7-3-2-4-8-16/h2-10,13,19H,11-12,14H2,1H3/b15-13-. The Labute approximate surface area is 147 Å². The number of morpholine rings is 1. The van der Waals surface area contributed by atoms with Crippen molar-refractivity contribution in [2.24, 2.45) is 0 Å². The summed E-state index contributed by atoms with van der Waals surface area (Å²) >= 11 is 6.21. The lowest BCUT2D eigenvalue weighted by atomic mass is 10.1. The van der Waals surface area contributed by atoms with Crippen LogP contribution in [0.25, 0.3) is 5.57 Å². The van der Waals surface area contributed by atoms with Gasteiger partial charge < -0.3 is 9.64 Å². The molecule has 4 heteroatoms. The number of halogens is 1. The number of nitrogens with zero attached hydrogens (tertiary/aromatic N) is 1. The second-order valence-corrected chi connectivity index (χ2v) is 6.27. The number of carbonyl (C=O) groups is 1. The number of hydrogen-bond donors (Lipinski definition) is 0. The van der Waals surface area contributed by atoms with Crippen molar-refractivity contribution in [3.05, 3.63) is 76.8 Å². The molecule has 1 heterocycles. The minimum absolute atomic E-state index is 0.00310. The highest BCUT2D eigenvalue weighted by Crippen LogP contribution is 2.25. The third-order valence-electron chi connectivity index (χ3n) is 4.19. The van der Waals surface area contributed by atoms with E-state index in [0.29, 0.717) is 24.7 Å². The van der Waals surface area contributed by atoms with Gasteiger partial charge in [-0.25, -0.2) is 0 Å². The smallest absolute Gasteiger partial charge is 0.247 e. The Morgan fingerprint density at radius 1 is 1.17 bits per heavy atom. The number of amides is 1. The lowest BCUT2D eigenvalue weighted by molar-refractivity contribution is -0.133. The van der Waals surface area contributed by atoms with Crippen molar-refractivity contribution in [1.29, 1.82) is 0 Å². The minimum atomic E-state index is -0.0714. The molecule has 0 bridgehead atoms. The van der Waals surface area contributed by atoms with Crippen LogP contribution < -0.4 is 0 Å². The van der Waals surface area contributed by atoms with Crippen LogP contribution in [0.3, 0.4) is 0 Å². The predicted molar refractivity (Wildman–Crippen MR) is 96.8 cm³/mol. The van der Waals surface area contributed by atoms with Gasteiger partial charge in [-0.15, -0.1) is 0 Å². The van der Waals surface area contributed by atoms with Gasteiger partial charge in [0.25, 0.3) is 0 Å². The first-order valence-electron chi connectivity index (χ1n) is 8.04. The van der Waals surface area contributed by atoms with Gasteiger partial charge in [-0.3, -0.25) is 4.79 Å². The summed E-state index contributed by atoms with van der Waals surface area (Å²) in [4.78, 5) is 14.5. The highest BCUT2D eigenvalue weighted by atomic mass is 35.5. The summed E-state index contributed by atoms with van der Waals surface area (Å²) in [5.74, 6) is -0.00310. The molecule has 24 heavy (non-hydrogen) atoms. The van der Waals surface area contributed by atoms with Crippen LogP contribution in [0.15, 0.2) is 60.7 Å². The Bertz CT molecular complexity index is 742. The van der Waals surface area contributed by atoms with Crippen LogP contribution in [0.4, 0.5) is 0 Å². The molecule has 124 valence electrons. The fraction of sp³-hybridized carbons (Fsp3) is 0.250. The fourth-order valence-corrected chi connectivity index (χ4v) is 3.14. The van der Waals surface area contributed by atoms with Crippen LogP contribution in [0, 0.1) is 0 Å². The van der Waals surface area contributed by atoms with Crippen molar-refractivity contribution >= 4 is 23.1 Å². The van der Waals surface area contributed by atoms with Gasteiger partial charge in [-0.2, -0.15) is 0 Å². The first-order valence-corrected chi connectivity index (χ1v) is 8.41. The van der Waals surface area contributed by atoms with E-state index in [2.05, 4.69) is 0 Å². The molecule has 0 radical (unpaired) electrons. The van der Waals surface area contributed by atoms with Gasteiger partial charge in [0.05, 0.1) is 13.2 Å². The monoisotopic (exact) mass is 341 g/mol. The molecule has 0 saturated carbocycles. The quantitative estimate of drug-likeness (QED) is 0.777. The van der Waals surface area contributed by atoms with Crippen molar-refractivity contribution < 1.29 is 9.53 Å². The summed E-state index contributed by atoms with van der Waals surface area (Å²) < 4.78 is 5.82. The molecule has 3 rings (SSSR count). The Hall–Kier alpha value is -2.10. The molecule has 1 aliphatic heterocycles. The zero-order chi connectivity index (χ0) is 16.9. The number of benzene rings is 2. The number of carbonyl (C=O) groups excluding carboxylic acids is 1. The highest BCUT2D eigenvalue weighted by molar-refractivity contribution is 6.32. The van der Waals surface area contributed by atoms with Crippen molar-refractivity contribution in [3.63, 3.8) is 0 Å². The van der Waals surface area contributed by atoms with E-state index in [4.69, 9.17) is 16.3 Å². The molecule has 2 aromatic carbocycles. The van der Waals surface area contributed by atoms with Gasteiger partial charge in [0, 0.05) is 17.6 Å². The van der Waals surface area contributed by atoms with E-state index in [1.807, 2.05) is 66.4 Å². The largest absolute Gasteiger partial charge is 0.370 e. The molecule has 0 aliphatic carbocycles. The van der Waals surface area contributed by atoms with Crippen LogP contribution in [0.5, 0.6) is 0 Å². The van der Waals surface area contributed by atoms with Gasteiger partial charge >= 0.3 is 0 Å². The molecule has 1 fully saturated rings. The van der Waals surface area contributed by atoms with Crippen LogP contribution in [-0.4, -0.2) is 30.5 Å². The second kappa shape index (κ2) is 7.65. The summed E-state index contributed by atoms with van der Waals surface area (Å²) in [5, 5.41) is 0.656. The summed E-state index contributed by atoms with van der Waals surface area (Å²) in [6.07, 6.45) is 1.59. The summed E-state index contributed by atoms with van der Waals surface area (Å²) in [7, 11) is 0. The Morgan fingerprint density at radius 2 is 1.88 bits per heavy atom. The average Bonchev–Trinajstić information content (AvgIpc) is 2.63. The average molecular weight is 342 g/mol. The lowest BCUT2D eigenvalue weighted by Crippen LogP contribution is -2.41. The summed E-state index contributed by atoms with van der Waals surface area (Å²) in [6.45, 7) is 3.63. The highest BCUT2D eigenvalue weighted by Gasteiger charge is 2.24. The second-order valence-electron chi connectivity index (χ2n) is 5.86. The van der Waals surface area contributed by atoms with E-state index in [9.17, 15) is 4.79 Å². The molecule has 0 aromatic heterocycles. The third kappa shape index (κ3) is 3.86. The first-order chi connectivity index (χ1) is 11.6. The van der Waals surface area contributed by atoms with Crippen LogP contribution in [0.1, 0.15) is 24.2 Å². The number of allylic oxidation sites excluding steroid dienone is 1.